The molecule has 0 rings (SSSR count). The van der Waals surface area contributed by atoms with Crippen LogP contribution in [0.5, 0.6) is 0 Å². The number of esters is 1. The Morgan fingerprint density at radius 3 is 1.68 bits per heavy atom. The minimum atomic E-state index is -0.0825. The molecule has 0 spiro atoms. The van der Waals surface area contributed by atoms with E-state index in [1.165, 1.54) is 77.7 Å². The number of allylic oxidation sites excluding steroid dienone is 2. The number of unbranched alkanes of at least 4 members (excludes halogenated alkanes) is 12. The van der Waals surface area contributed by atoms with Crippen molar-refractivity contribution in [1.82, 2.24) is 0 Å². The van der Waals surface area contributed by atoms with Crippen LogP contribution in [-0.2, 0) is 9.53 Å². The summed E-state index contributed by atoms with van der Waals surface area (Å²) in [4.78, 5) is 10.9. The van der Waals surface area contributed by atoms with Crippen molar-refractivity contribution in [3.05, 3.63) is 12.2 Å². The molecule has 0 amide bonds. The normalized spacial score (nSPS) is 11.2. The van der Waals surface area contributed by atoms with E-state index in [0.29, 0.717) is 6.42 Å². The predicted molar refractivity (Wildman–Crippen MR) is 96.1 cm³/mol. The van der Waals surface area contributed by atoms with Crippen LogP contribution in [0.15, 0.2) is 12.2 Å². The molecule has 0 unspecified atom stereocenters. The lowest BCUT2D eigenvalue weighted by molar-refractivity contribution is -0.140. The first-order valence-electron chi connectivity index (χ1n) is 9.53. The van der Waals surface area contributed by atoms with E-state index >= 15 is 0 Å². The summed E-state index contributed by atoms with van der Waals surface area (Å²) in [6.07, 6.45) is 23.5. The van der Waals surface area contributed by atoms with Gasteiger partial charge in [0.15, 0.2) is 0 Å². The third-order valence-electron chi connectivity index (χ3n) is 4.12. The summed E-state index contributed by atoms with van der Waals surface area (Å²) >= 11 is 0. The second-order valence-corrected chi connectivity index (χ2v) is 6.26. The van der Waals surface area contributed by atoms with Gasteiger partial charge in [-0.1, -0.05) is 76.9 Å². The highest BCUT2D eigenvalue weighted by atomic mass is 16.5. The average molecular weight is 311 g/mol. The lowest BCUT2D eigenvalue weighted by atomic mass is 10.1. The van der Waals surface area contributed by atoms with E-state index < -0.39 is 0 Å². The molecule has 0 saturated heterocycles. The van der Waals surface area contributed by atoms with E-state index in [2.05, 4.69) is 23.8 Å². The molecule has 0 aliphatic heterocycles. The first kappa shape index (κ1) is 21.2. The number of hydrogen-bond donors (Lipinski definition) is 0. The fourth-order valence-corrected chi connectivity index (χ4v) is 2.62. The second-order valence-electron chi connectivity index (χ2n) is 6.26. The Kier molecular flexibility index (Phi) is 17.6. The molecule has 0 radical (unpaired) electrons. The summed E-state index contributed by atoms with van der Waals surface area (Å²) in [5.74, 6) is -0.0825. The van der Waals surface area contributed by atoms with Gasteiger partial charge >= 0.3 is 5.97 Å². The van der Waals surface area contributed by atoms with E-state index in [4.69, 9.17) is 0 Å². The molecule has 0 heterocycles. The molecule has 2 nitrogen and oxygen atoms in total. The van der Waals surface area contributed by atoms with Crippen molar-refractivity contribution in [2.45, 2.75) is 103 Å². The van der Waals surface area contributed by atoms with Crippen LogP contribution >= 0.6 is 0 Å². The van der Waals surface area contributed by atoms with Crippen molar-refractivity contribution in [1.29, 1.82) is 0 Å². The van der Waals surface area contributed by atoms with E-state index in [1.807, 2.05) is 0 Å². The summed E-state index contributed by atoms with van der Waals surface area (Å²) in [6.45, 7) is 2.27. The maximum Gasteiger partial charge on any atom is 0.305 e. The van der Waals surface area contributed by atoms with Gasteiger partial charge in [0.2, 0.25) is 0 Å². The minimum Gasteiger partial charge on any atom is -0.469 e. The zero-order valence-electron chi connectivity index (χ0n) is 15.1. The van der Waals surface area contributed by atoms with Crippen molar-refractivity contribution in [2.24, 2.45) is 0 Å². The Hall–Kier alpha value is -0.790. The SMILES string of the molecule is CCCCCCCCCCC/C=C/CCCCCC(=O)OC. The van der Waals surface area contributed by atoms with Gasteiger partial charge in [-0.15, -0.1) is 0 Å². The molecule has 0 aliphatic carbocycles. The molecule has 0 fully saturated rings. The van der Waals surface area contributed by atoms with E-state index in [9.17, 15) is 4.79 Å². The Labute approximate surface area is 138 Å². The van der Waals surface area contributed by atoms with Crippen LogP contribution < -0.4 is 0 Å². The van der Waals surface area contributed by atoms with Crippen molar-refractivity contribution in [3.8, 4) is 0 Å². The molecule has 0 atom stereocenters. The number of rotatable bonds is 16. The molecular weight excluding hydrogens is 272 g/mol. The topological polar surface area (TPSA) is 26.3 Å². The zero-order chi connectivity index (χ0) is 16.3. The van der Waals surface area contributed by atoms with Crippen molar-refractivity contribution in [3.63, 3.8) is 0 Å². The molecule has 0 aromatic carbocycles. The van der Waals surface area contributed by atoms with Crippen LogP contribution in [0, 0.1) is 0 Å². The van der Waals surface area contributed by atoms with E-state index in [0.717, 1.165) is 19.3 Å². The van der Waals surface area contributed by atoms with Gasteiger partial charge in [0.25, 0.3) is 0 Å². The number of methoxy groups -OCH3 is 1. The predicted octanol–water partition coefficient (Wildman–Crippen LogP) is 6.59. The van der Waals surface area contributed by atoms with Crippen LogP contribution in [0.1, 0.15) is 103 Å². The van der Waals surface area contributed by atoms with Crippen molar-refractivity contribution in [2.75, 3.05) is 7.11 Å². The number of carbonyl (C=O) groups is 1. The van der Waals surface area contributed by atoms with E-state index in [-0.39, 0.29) is 5.97 Å². The standard InChI is InChI=1S/C20H38O2/c1-3-4-5-6-7-8-9-10-11-12-13-14-15-16-17-18-19-20(21)22-2/h13-14H,3-12,15-19H2,1-2H3/b14-13+. The molecule has 0 aliphatic rings. The van der Waals surface area contributed by atoms with Gasteiger partial charge in [0.1, 0.15) is 0 Å². The number of ether oxygens (including phenoxy) is 1. The minimum absolute atomic E-state index is 0.0825. The van der Waals surface area contributed by atoms with Gasteiger partial charge in [-0.25, -0.2) is 0 Å². The molecule has 22 heavy (non-hydrogen) atoms. The highest BCUT2D eigenvalue weighted by molar-refractivity contribution is 5.68. The third-order valence-corrected chi connectivity index (χ3v) is 4.12. The Bertz CT molecular complexity index is 258. The first-order chi connectivity index (χ1) is 10.8. The smallest absolute Gasteiger partial charge is 0.305 e. The lowest BCUT2D eigenvalue weighted by Crippen LogP contribution is -1.98. The summed E-state index contributed by atoms with van der Waals surface area (Å²) in [5, 5.41) is 0. The number of carbonyl (C=O) groups excluding carboxylic acids is 1. The fourth-order valence-electron chi connectivity index (χ4n) is 2.62. The summed E-state index contributed by atoms with van der Waals surface area (Å²) in [5.41, 5.74) is 0. The van der Waals surface area contributed by atoms with Gasteiger partial charge in [-0.2, -0.15) is 0 Å². The summed E-state index contributed by atoms with van der Waals surface area (Å²) < 4.78 is 4.62. The largest absolute Gasteiger partial charge is 0.469 e. The van der Waals surface area contributed by atoms with Crippen LogP contribution in [-0.4, -0.2) is 13.1 Å². The van der Waals surface area contributed by atoms with Crippen LogP contribution in [0.2, 0.25) is 0 Å². The fraction of sp³-hybridized carbons (Fsp3) is 0.850. The molecule has 0 N–H and O–H groups in total. The summed E-state index contributed by atoms with van der Waals surface area (Å²) in [6, 6.07) is 0. The van der Waals surface area contributed by atoms with Gasteiger partial charge in [-0.05, 0) is 32.1 Å². The average Bonchev–Trinajstić information content (AvgIpc) is 2.54. The Balaban J connectivity index is 3.10. The van der Waals surface area contributed by atoms with Crippen LogP contribution in [0.3, 0.4) is 0 Å². The second kappa shape index (κ2) is 18.3. The molecule has 0 aromatic heterocycles. The van der Waals surface area contributed by atoms with Crippen molar-refractivity contribution >= 4 is 5.97 Å². The molecule has 0 aromatic rings. The molecular formula is C20H38O2. The maximum absolute atomic E-state index is 10.9. The van der Waals surface area contributed by atoms with Crippen LogP contribution in [0.4, 0.5) is 0 Å². The maximum atomic E-state index is 10.9. The summed E-state index contributed by atoms with van der Waals surface area (Å²) in [7, 11) is 1.46. The quantitative estimate of drug-likeness (QED) is 0.183. The zero-order valence-corrected chi connectivity index (χ0v) is 15.1. The highest BCUT2D eigenvalue weighted by Gasteiger charge is 1.98. The Morgan fingerprint density at radius 1 is 0.727 bits per heavy atom. The lowest BCUT2D eigenvalue weighted by Gasteiger charge is -2.00. The highest BCUT2D eigenvalue weighted by Crippen LogP contribution is 2.11. The Morgan fingerprint density at radius 2 is 1.18 bits per heavy atom. The van der Waals surface area contributed by atoms with Crippen LogP contribution in [0.25, 0.3) is 0 Å². The molecule has 0 bridgehead atoms. The van der Waals surface area contributed by atoms with E-state index in [1.54, 1.807) is 0 Å². The molecule has 0 saturated carbocycles. The first-order valence-corrected chi connectivity index (χ1v) is 9.53. The van der Waals surface area contributed by atoms with Crippen molar-refractivity contribution < 1.29 is 9.53 Å². The monoisotopic (exact) mass is 310 g/mol. The molecule has 130 valence electrons. The van der Waals surface area contributed by atoms with Gasteiger partial charge in [-0.3, -0.25) is 4.79 Å². The van der Waals surface area contributed by atoms with Gasteiger partial charge < -0.3 is 4.74 Å². The van der Waals surface area contributed by atoms with Gasteiger partial charge in [0.05, 0.1) is 7.11 Å². The molecule has 2 heteroatoms. The van der Waals surface area contributed by atoms with Gasteiger partial charge in [0, 0.05) is 6.42 Å². The third kappa shape index (κ3) is 17.3. The number of hydrogen-bond acceptors (Lipinski definition) is 2.